The van der Waals surface area contributed by atoms with Crippen LogP contribution in [0.25, 0.3) is 16.7 Å². The minimum atomic E-state index is -0.277. The Morgan fingerprint density at radius 2 is 2.06 bits per heavy atom. The Bertz CT molecular complexity index is 1290. The molecule has 0 spiro atoms. The second-order valence-corrected chi connectivity index (χ2v) is 7.82. The summed E-state index contributed by atoms with van der Waals surface area (Å²) >= 11 is 7.11. The van der Waals surface area contributed by atoms with Gasteiger partial charge in [0.2, 0.25) is 5.91 Å². The third kappa shape index (κ3) is 4.73. The zero-order valence-electron chi connectivity index (χ0n) is 16.5. The van der Waals surface area contributed by atoms with Gasteiger partial charge in [0, 0.05) is 10.7 Å². The lowest BCUT2D eigenvalue weighted by Gasteiger charge is -2.12. The number of ether oxygens (including phenoxy) is 1. The van der Waals surface area contributed by atoms with Crippen molar-refractivity contribution >= 4 is 46.0 Å². The first-order chi connectivity index (χ1) is 15.0. The Hall–Kier alpha value is -3.30. The van der Waals surface area contributed by atoms with E-state index in [9.17, 15) is 9.59 Å². The number of nitrogens with zero attached hydrogens (tertiary/aromatic N) is 3. The predicted octanol–water partition coefficient (Wildman–Crippen LogP) is 3.89. The number of aromatic amines is 1. The number of nitrogens with one attached hydrogen (secondary N) is 2. The Morgan fingerprint density at radius 1 is 1.26 bits per heavy atom. The monoisotopic (exact) mass is 455 g/mol. The van der Waals surface area contributed by atoms with E-state index in [1.807, 2.05) is 6.92 Å². The molecule has 0 atom stereocenters. The van der Waals surface area contributed by atoms with Gasteiger partial charge in [-0.1, -0.05) is 29.4 Å². The van der Waals surface area contributed by atoms with E-state index in [4.69, 9.17) is 16.3 Å². The van der Waals surface area contributed by atoms with Crippen LogP contribution in [0.5, 0.6) is 5.75 Å². The average Bonchev–Trinajstić information content (AvgIpc) is 3.22. The standard InChI is InChI=1S/C21H18ClN5O3S/c1-2-30-16-8-6-15(7-9-16)27-20(29)17-11-23-26-19(17)25-21(27)31-12-18(28)24-14-5-3-4-13(22)10-14/h3-11H,2,12H2,1H3,(H,23,26)(H,24,28). The molecule has 0 aliphatic rings. The van der Waals surface area contributed by atoms with Gasteiger partial charge in [-0.3, -0.25) is 19.3 Å². The molecule has 2 heterocycles. The first-order valence-electron chi connectivity index (χ1n) is 9.42. The third-order valence-corrected chi connectivity index (χ3v) is 5.47. The third-order valence-electron chi connectivity index (χ3n) is 4.30. The van der Waals surface area contributed by atoms with Crippen molar-refractivity contribution in [3.63, 3.8) is 0 Å². The summed E-state index contributed by atoms with van der Waals surface area (Å²) in [5, 5.41) is 10.7. The lowest BCUT2D eigenvalue weighted by atomic mass is 10.3. The molecule has 0 unspecified atom stereocenters. The van der Waals surface area contributed by atoms with Crippen molar-refractivity contribution in [2.75, 3.05) is 17.7 Å². The van der Waals surface area contributed by atoms with Crippen molar-refractivity contribution in [1.82, 2.24) is 19.7 Å². The highest BCUT2D eigenvalue weighted by Gasteiger charge is 2.16. The van der Waals surface area contributed by atoms with Crippen LogP contribution in [0.15, 0.2) is 64.7 Å². The zero-order valence-corrected chi connectivity index (χ0v) is 18.0. The molecule has 10 heteroatoms. The van der Waals surface area contributed by atoms with Crippen LogP contribution in [0, 0.1) is 0 Å². The fourth-order valence-corrected chi connectivity index (χ4v) is 3.95. The summed E-state index contributed by atoms with van der Waals surface area (Å²) in [5.41, 5.74) is 1.30. The van der Waals surface area contributed by atoms with Crippen molar-refractivity contribution in [3.05, 3.63) is 70.1 Å². The summed E-state index contributed by atoms with van der Waals surface area (Å²) in [7, 11) is 0. The SMILES string of the molecule is CCOc1ccc(-n2c(SCC(=O)Nc3cccc(Cl)c3)nc3[nH]ncc3c2=O)cc1. The maximum Gasteiger partial charge on any atom is 0.269 e. The van der Waals surface area contributed by atoms with E-state index >= 15 is 0 Å². The van der Waals surface area contributed by atoms with Gasteiger partial charge < -0.3 is 10.1 Å². The molecule has 0 fully saturated rings. The number of aromatic nitrogens is 4. The predicted molar refractivity (Wildman–Crippen MR) is 121 cm³/mol. The Kier molecular flexibility index (Phi) is 6.24. The summed E-state index contributed by atoms with van der Waals surface area (Å²) in [5.74, 6) is 0.506. The van der Waals surface area contributed by atoms with Crippen molar-refractivity contribution in [2.24, 2.45) is 0 Å². The Balaban J connectivity index is 1.62. The number of rotatable bonds is 7. The fraction of sp³-hybridized carbons (Fsp3) is 0.143. The first kappa shape index (κ1) is 21.0. The molecule has 0 radical (unpaired) electrons. The van der Waals surface area contributed by atoms with E-state index in [0.717, 1.165) is 11.8 Å². The molecule has 2 N–H and O–H groups in total. The van der Waals surface area contributed by atoms with Gasteiger partial charge >= 0.3 is 0 Å². The molecule has 4 aromatic rings. The molecule has 158 valence electrons. The van der Waals surface area contributed by atoms with Crippen molar-refractivity contribution in [2.45, 2.75) is 12.1 Å². The number of anilines is 1. The number of benzene rings is 2. The fourth-order valence-electron chi connectivity index (χ4n) is 2.95. The molecule has 0 saturated heterocycles. The number of hydrogen-bond donors (Lipinski definition) is 2. The van der Waals surface area contributed by atoms with Crippen LogP contribution in [-0.4, -0.2) is 38.0 Å². The largest absolute Gasteiger partial charge is 0.494 e. The summed E-state index contributed by atoms with van der Waals surface area (Å²) in [6, 6.07) is 14.0. The van der Waals surface area contributed by atoms with Crippen molar-refractivity contribution in [3.8, 4) is 11.4 Å². The molecule has 2 aromatic carbocycles. The number of amides is 1. The highest BCUT2D eigenvalue weighted by Crippen LogP contribution is 2.23. The van der Waals surface area contributed by atoms with Crippen LogP contribution in [0.2, 0.25) is 5.02 Å². The number of H-pyrrole nitrogens is 1. The normalized spacial score (nSPS) is 10.9. The van der Waals surface area contributed by atoms with E-state index in [-0.39, 0.29) is 17.2 Å². The number of carbonyl (C=O) groups excluding carboxylic acids is 1. The van der Waals surface area contributed by atoms with Crippen LogP contribution >= 0.6 is 23.4 Å². The van der Waals surface area contributed by atoms with Crippen LogP contribution < -0.4 is 15.6 Å². The van der Waals surface area contributed by atoms with Gasteiger partial charge in [-0.2, -0.15) is 5.10 Å². The topological polar surface area (TPSA) is 102 Å². The van der Waals surface area contributed by atoms with Gasteiger partial charge in [0.15, 0.2) is 10.8 Å². The molecular formula is C21H18ClN5O3S. The smallest absolute Gasteiger partial charge is 0.269 e. The molecule has 0 aliphatic heterocycles. The number of hydrogen-bond acceptors (Lipinski definition) is 6. The van der Waals surface area contributed by atoms with E-state index in [1.54, 1.807) is 48.5 Å². The minimum absolute atomic E-state index is 0.0512. The van der Waals surface area contributed by atoms with Gasteiger partial charge in [-0.05, 0) is 49.4 Å². The quantitative estimate of drug-likeness (QED) is 0.324. The molecule has 31 heavy (non-hydrogen) atoms. The number of fused-ring (bicyclic) bond motifs is 1. The highest BCUT2D eigenvalue weighted by molar-refractivity contribution is 7.99. The molecule has 0 bridgehead atoms. The van der Waals surface area contributed by atoms with E-state index in [0.29, 0.717) is 44.9 Å². The lowest BCUT2D eigenvalue weighted by molar-refractivity contribution is -0.113. The molecular weight excluding hydrogens is 438 g/mol. The van der Waals surface area contributed by atoms with Gasteiger partial charge in [-0.25, -0.2) is 4.98 Å². The van der Waals surface area contributed by atoms with Crippen LogP contribution in [0.3, 0.4) is 0 Å². The molecule has 8 nitrogen and oxygen atoms in total. The average molecular weight is 456 g/mol. The maximum absolute atomic E-state index is 13.1. The second-order valence-electron chi connectivity index (χ2n) is 6.44. The van der Waals surface area contributed by atoms with Crippen LogP contribution in [0.1, 0.15) is 6.92 Å². The molecule has 0 aliphatic carbocycles. The Labute approximate surface area is 186 Å². The number of halogens is 1. The van der Waals surface area contributed by atoms with E-state index < -0.39 is 0 Å². The van der Waals surface area contributed by atoms with Gasteiger partial charge in [0.25, 0.3) is 5.56 Å². The second kappa shape index (κ2) is 9.23. The van der Waals surface area contributed by atoms with Crippen molar-refractivity contribution in [1.29, 1.82) is 0 Å². The van der Waals surface area contributed by atoms with Gasteiger partial charge in [0.05, 0.1) is 24.2 Å². The summed E-state index contributed by atoms with van der Waals surface area (Å²) in [4.78, 5) is 30.0. The Morgan fingerprint density at radius 3 is 2.81 bits per heavy atom. The van der Waals surface area contributed by atoms with Crippen LogP contribution in [-0.2, 0) is 4.79 Å². The van der Waals surface area contributed by atoms with Gasteiger partial charge in [0.1, 0.15) is 11.1 Å². The summed E-state index contributed by atoms with van der Waals surface area (Å²) < 4.78 is 6.94. The first-order valence-corrected chi connectivity index (χ1v) is 10.8. The zero-order chi connectivity index (χ0) is 21.8. The van der Waals surface area contributed by atoms with Gasteiger partial charge in [-0.15, -0.1) is 0 Å². The van der Waals surface area contributed by atoms with E-state index in [1.165, 1.54) is 10.8 Å². The maximum atomic E-state index is 13.1. The summed E-state index contributed by atoms with van der Waals surface area (Å²) in [6.45, 7) is 2.45. The lowest BCUT2D eigenvalue weighted by Crippen LogP contribution is -2.22. The van der Waals surface area contributed by atoms with E-state index in [2.05, 4.69) is 20.5 Å². The number of thioether (sulfide) groups is 1. The minimum Gasteiger partial charge on any atom is -0.494 e. The molecule has 1 amide bonds. The molecule has 4 rings (SSSR count). The molecule has 2 aromatic heterocycles. The van der Waals surface area contributed by atoms with Crippen molar-refractivity contribution < 1.29 is 9.53 Å². The molecule has 0 saturated carbocycles. The van der Waals surface area contributed by atoms with Crippen LogP contribution in [0.4, 0.5) is 5.69 Å². The highest BCUT2D eigenvalue weighted by atomic mass is 35.5. The number of carbonyl (C=O) groups is 1. The summed E-state index contributed by atoms with van der Waals surface area (Å²) in [6.07, 6.45) is 1.44.